The number of fused-ring (bicyclic) bond motifs is 2. The Kier molecular flexibility index (Phi) is 6.01. The Morgan fingerprint density at radius 2 is 1.52 bits per heavy atom. The second-order valence-electron chi connectivity index (χ2n) is 6.28. The number of esters is 2. The van der Waals surface area contributed by atoms with E-state index in [2.05, 4.69) is 6.07 Å². The van der Waals surface area contributed by atoms with Crippen LogP contribution in [-0.2, 0) is 25.5 Å². The van der Waals surface area contributed by atoms with E-state index >= 15 is 0 Å². The van der Waals surface area contributed by atoms with Crippen LogP contribution >= 0.6 is 0 Å². The highest BCUT2D eigenvalue weighted by atomic mass is 16.6. The zero-order chi connectivity index (χ0) is 19.2. The molecule has 1 heterocycles. The van der Waals surface area contributed by atoms with Gasteiger partial charge in [-0.1, -0.05) is 42.5 Å². The number of carbonyl (C=O) groups is 2. The summed E-state index contributed by atoms with van der Waals surface area (Å²) in [6.07, 6.45) is 0.895. The number of para-hydroxylation sites is 1. The molecular formula is C22H23NO4. The maximum Gasteiger partial charge on any atom is 0.320 e. The lowest BCUT2D eigenvalue weighted by molar-refractivity contribution is -0.161. The van der Waals surface area contributed by atoms with Crippen LogP contribution in [0.2, 0.25) is 0 Å². The third-order valence-corrected chi connectivity index (χ3v) is 4.50. The largest absolute Gasteiger partial charge is 0.465 e. The lowest BCUT2D eigenvalue weighted by Crippen LogP contribution is -2.30. The van der Waals surface area contributed by atoms with E-state index in [9.17, 15) is 9.59 Å². The van der Waals surface area contributed by atoms with Gasteiger partial charge in [0, 0.05) is 12.8 Å². The van der Waals surface area contributed by atoms with Crippen LogP contribution in [-0.4, -0.2) is 30.9 Å². The van der Waals surface area contributed by atoms with E-state index in [4.69, 9.17) is 14.5 Å². The van der Waals surface area contributed by atoms with Gasteiger partial charge in [0.1, 0.15) is 0 Å². The highest BCUT2D eigenvalue weighted by Gasteiger charge is 2.32. The summed E-state index contributed by atoms with van der Waals surface area (Å²) in [4.78, 5) is 29.6. The Hall–Kier alpha value is -2.95. The summed E-state index contributed by atoms with van der Waals surface area (Å²) in [7, 11) is 0. The minimum Gasteiger partial charge on any atom is -0.465 e. The van der Waals surface area contributed by atoms with Gasteiger partial charge in [0.2, 0.25) is 0 Å². The third-order valence-electron chi connectivity index (χ3n) is 4.50. The number of nitrogens with zero attached hydrogens (tertiary/aromatic N) is 1. The molecule has 2 aromatic carbocycles. The summed E-state index contributed by atoms with van der Waals surface area (Å²) in [5.74, 6) is -2.18. The van der Waals surface area contributed by atoms with Gasteiger partial charge < -0.3 is 9.47 Å². The highest BCUT2D eigenvalue weighted by molar-refractivity contribution is 6.09. The molecule has 0 atom stereocenters. The lowest BCUT2D eigenvalue weighted by atomic mass is 9.93. The Balaban J connectivity index is 2.02. The molecule has 27 heavy (non-hydrogen) atoms. The van der Waals surface area contributed by atoms with Crippen molar-refractivity contribution < 1.29 is 19.1 Å². The monoisotopic (exact) mass is 365 g/mol. The molecule has 5 heteroatoms. The van der Waals surface area contributed by atoms with Crippen molar-refractivity contribution in [3.8, 4) is 0 Å². The van der Waals surface area contributed by atoms with Gasteiger partial charge in [-0.2, -0.15) is 0 Å². The number of rotatable bonds is 6. The van der Waals surface area contributed by atoms with E-state index in [-0.39, 0.29) is 19.6 Å². The molecule has 140 valence electrons. The highest BCUT2D eigenvalue weighted by Crippen LogP contribution is 2.30. The van der Waals surface area contributed by atoms with Crippen LogP contribution in [0.1, 0.15) is 37.0 Å². The van der Waals surface area contributed by atoms with Crippen LogP contribution in [0.25, 0.3) is 0 Å². The number of aliphatic imine (C=N–C) groups is 1. The fourth-order valence-corrected chi connectivity index (χ4v) is 3.23. The summed E-state index contributed by atoms with van der Waals surface area (Å²) >= 11 is 0. The van der Waals surface area contributed by atoms with Gasteiger partial charge in [-0.15, -0.1) is 0 Å². The second-order valence-corrected chi connectivity index (χ2v) is 6.28. The molecule has 1 aliphatic heterocycles. The number of benzene rings is 2. The fourth-order valence-electron chi connectivity index (χ4n) is 3.23. The third kappa shape index (κ3) is 4.25. The van der Waals surface area contributed by atoms with Crippen molar-refractivity contribution in [3.05, 3.63) is 65.2 Å². The van der Waals surface area contributed by atoms with Crippen LogP contribution in [0.15, 0.2) is 53.5 Å². The van der Waals surface area contributed by atoms with Crippen molar-refractivity contribution in [1.29, 1.82) is 0 Å². The van der Waals surface area contributed by atoms with Gasteiger partial charge in [-0.25, -0.2) is 0 Å². The molecule has 0 bridgehead atoms. The van der Waals surface area contributed by atoms with Crippen molar-refractivity contribution in [2.75, 3.05) is 13.2 Å². The van der Waals surface area contributed by atoms with Gasteiger partial charge in [-0.3, -0.25) is 14.6 Å². The van der Waals surface area contributed by atoms with Crippen LogP contribution < -0.4 is 0 Å². The average molecular weight is 365 g/mol. The van der Waals surface area contributed by atoms with Gasteiger partial charge in [0.05, 0.1) is 24.6 Å². The smallest absolute Gasteiger partial charge is 0.320 e. The van der Waals surface area contributed by atoms with Crippen molar-refractivity contribution in [3.63, 3.8) is 0 Å². The molecule has 0 aliphatic carbocycles. The first-order valence-corrected chi connectivity index (χ1v) is 9.21. The van der Waals surface area contributed by atoms with Crippen molar-refractivity contribution in [2.45, 2.75) is 26.7 Å². The Bertz CT molecular complexity index is 854. The van der Waals surface area contributed by atoms with Gasteiger partial charge in [0.25, 0.3) is 0 Å². The minimum atomic E-state index is -1.03. The topological polar surface area (TPSA) is 65.0 Å². The average Bonchev–Trinajstić information content (AvgIpc) is 2.82. The summed E-state index contributed by atoms with van der Waals surface area (Å²) in [5, 5.41) is 0. The lowest BCUT2D eigenvalue weighted by Gasteiger charge is -2.16. The van der Waals surface area contributed by atoms with E-state index < -0.39 is 17.9 Å². The van der Waals surface area contributed by atoms with E-state index in [1.165, 1.54) is 0 Å². The van der Waals surface area contributed by atoms with Crippen LogP contribution in [0.3, 0.4) is 0 Å². The predicted octanol–water partition coefficient (Wildman–Crippen LogP) is 3.84. The molecule has 5 nitrogen and oxygen atoms in total. The molecule has 0 radical (unpaired) electrons. The van der Waals surface area contributed by atoms with Gasteiger partial charge >= 0.3 is 11.9 Å². The van der Waals surface area contributed by atoms with Crippen LogP contribution in [0.4, 0.5) is 5.69 Å². The predicted molar refractivity (Wildman–Crippen MR) is 103 cm³/mol. The molecule has 0 aromatic heterocycles. The molecule has 2 aromatic rings. The molecule has 0 amide bonds. The fraction of sp³-hybridized carbons (Fsp3) is 0.318. The molecule has 0 fully saturated rings. The van der Waals surface area contributed by atoms with Crippen molar-refractivity contribution >= 4 is 23.3 Å². The van der Waals surface area contributed by atoms with Crippen molar-refractivity contribution in [2.24, 2.45) is 10.9 Å². The molecule has 0 unspecified atom stereocenters. The van der Waals surface area contributed by atoms with Crippen LogP contribution in [0, 0.1) is 5.92 Å². The van der Waals surface area contributed by atoms with Crippen molar-refractivity contribution in [1.82, 2.24) is 0 Å². The van der Waals surface area contributed by atoms with Gasteiger partial charge in [-0.05, 0) is 36.6 Å². The Morgan fingerprint density at radius 3 is 2.19 bits per heavy atom. The van der Waals surface area contributed by atoms with E-state index in [0.717, 1.165) is 28.8 Å². The van der Waals surface area contributed by atoms with E-state index in [1.54, 1.807) is 13.8 Å². The maximum atomic E-state index is 12.4. The number of hydrogen-bond donors (Lipinski definition) is 0. The summed E-state index contributed by atoms with van der Waals surface area (Å²) in [6, 6.07) is 15.9. The first kappa shape index (κ1) is 18.8. The molecule has 0 N–H and O–H groups in total. The number of carbonyl (C=O) groups excluding carboxylic acids is 2. The first-order chi connectivity index (χ1) is 13.1. The second kappa shape index (κ2) is 8.62. The Labute approximate surface area is 159 Å². The quantitative estimate of drug-likeness (QED) is 0.576. The SMILES string of the molecule is CCOC(=O)C(CC1=Nc2ccccc2Cc2ccccc21)C(=O)OCC. The normalized spacial score (nSPS) is 12.5. The van der Waals surface area contributed by atoms with E-state index in [1.807, 2.05) is 42.5 Å². The minimum absolute atomic E-state index is 0.142. The first-order valence-electron chi connectivity index (χ1n) is 9.21. The zero-order valence-electron chi connectivity index (χ0n) is 15.6. The molecule has 1 aliphatic rings. The van der Waals surface area contributed by atoms with Crippen LogP contribution in [0.5, 0.6) is 0 Å². The van der Waals surface area contributed by atoms with Gasteiger partial charge in [0.15, 0.2) is 5.92 Å². The summed E-state index contributed by atoms with van der Waals surface area (Å²) < 4.78 is 10.2. The number of hydrogen-bond acceptors (Lipinski definition) is 5. The summed E-state index contributed by atoms with van der Waals surface area (Å²) in [5.41, 5.74) is 4.74. The van der Waals surface area contributed by atoms with E-state index in [0.29, 0.717) is 5.71 Å². The molecule has 0 spiro atoms. The Morgan fingerprint density at radius 1 is 0.926 bits per heavy atom. The standard InChI is InChI=1S/C22H23NO4/c1-3-26-21(24)18(22(25)27-4-2)14-20-17-11-7-5-9-15(17)13-16-10-6-8-12-19(16)23-20/h5-12,18H,3-4,13-14H2,1-2H3. The molecule has 3 rings (SSSR count). The molecular weight excluding hydrogens is 342 g/mol. The molecule has 0 saturated heterocycles. The zero-order valence-corrected chi connectivity index (χ0v) is 15.6. The summed E-state index contributed by atoms with van der Waals surface area (Å²) in [6.45, 7) is 3.85. The molecule has 0 saturated carbocycles. The number of ether oxygens (including phenoxy) is 2. The maximum absolute atomic E-state index is 12.4.